The van der Waals surface area contributed by atoms with Gasteiger partial charge in [0.25, 0.3) is 0 Å². The van der Waals surface area contributed by atoms with Gasteiger partial charge < -0.3 is 10.1 Å². The molecule has 0 aliphatic carbocycles. The molecule has 0 amide bonds. The Labute approximate surface area is 109 Å². The maximum Gasteiger partial charge on any atom is 0.422 e. The van der Waals surface area contributed by atoms with Crippen LogP contribution in [-0.2, 0) is 11.8 Å². The third kappa shape index (κ3) is 2.13. The van der Waals surface area contributed by atoms with E-state index in [1.54, 1.807) is 0 Å². The van der Waals surface area contributed by atoms with E-state index in [9.17, 15) is 31.4 Å². The second kappa shape index (κ2) is 4.15. The van der Waals surface area contributed by atoms with E-state index in [4.69, 9.17) is 0 Å². The van der Waals surface area contributed by atoms with Crippen molar-refractivity contribution in [2.24, 2.45) is 0 Å². The summed E-state index contributed by atoms with van der Waals surface area (Å²) in [6.45, 7) is 2.52. The number of hydrogen-bond acceptors (Lipinski definition) is 1. The van der Waals surface area contributed by atoms with Crippen LogP contribution in [0, 0.1) is 17.5 Å². The molecule has 2 nitrogen and oxygen atoms in total. The Hall–Kier alpha value is -1.70. The largest absolute Gasteiger partial charge is 0.422 e. The molecule has 0 saturated heterocycles. The van der Waals surface area contributed by atoms with Gasteiger partial charge in [0.05, 0.1) is 11.1 Å². The molecule has 0 aliphatic rings. The fourth-order valence-electron chi connectivity index (χ4n) is 1.83. The van der Waals surface area contributed by atoms with Crippen molar-refractivity contribution in [1.29, 1.82) is 0 Å². The number of nitrogens with one attached hydrogen (secondary N) is 1. The molecule has 0 spiro atoms. The number of halogens is 6. The van der Waals surface area contributed by atoms with Gasteiger partial charge in [-0.05, 0) is 19.9 Å². The summed E-state index contributed by atoms with van der Waals surface area (Å²) in [5.74, 6) is -6.07. The van der Waals surface area contributed by atoms with Crippen molar-refractivity contribution in [1.82, 2.24) is 4.98 Å². The van der Waals surface area contributed by atoms with Crippen LogP contribution < -0.4 is 0 Å². The highest BCUT2D eigenvalue weighted by atomic mass is 19.4. The fourth-order valence-corrected chi connectivity index (χ4v) is 1.83. The van der Waals surface area contributed by atoms with Gasteiger partial charge in [0.15, 0.2) is 11.6 Å². The highest BCUT2D eigenvalue weighted by Gasteiger charge is 2.41. The van der Waals surface area contributed by atoms with Gasteiger partial charge in [-0.3, -0.25) is 0 Å². The van der Waals surface area contributed by atoms with E-state index in [0.717, 1.165) is 6.07 Å². The number of rotatable bonds is 1. The van der Waals surface area contributed by atoms with E-state index in [2.05, 4.69) is 4.98 Å². The maximum absolute atomic E-state index is 13.8. The lowest BCUT2D eigenvalue weighted by atomic mass is 10.0. The molecule has 1 heterocycles. The number of aromatic amines is 1. The minimum atomic E-state index is -5.37. The number of aromatic nitrogens is 1. The van der Waals surface area contributed by atoms with E-state index in [1.165, 1.54) is 13.8 Å². The van der Waals surface area contributed by atoms with Gasteiger partial charge in [0.2, 0.25) is 0 Å². The Kier molecular flexibility index (Phi) is 3.05. The van der Waals surface area contributed by atoms with Gasteiger partial charge >= 0.3 is 6.18 Å². The quantitative estimate of drug-likeness (QED) is 0.609. The summed E-state index contributed by atoms with van der Waals surface area (Å²) >= 11 is 0. The van der Waals surface area contributed by atoms with Crippen LogP contribution in [0.25, 0.3) is 10.9 Å². The molecule has 0 bridgehead atoms. The number of H-pyrrole nitrogens is 1. The molecule has 20 heavy (non-hydrogen) atoms. The predicted octanol–water partition coefficient (Wildman–Crippen LogP) is 3.83. The minimum Gasteiger partial charge on any atom is -0.384 e. The van der Waals surface area contributed by atoms with Crippen LogP contribution in [0.4, 0.5) is 26.3 Å². The van der Waals surface area contributed by atoms with Crippen molar-refractivity contribution in [2.45, 2.75) is 25.6 Å². The molecule has 2 rings (SSSR count). The highest BCUT2D eigenvalue weighted by Crippen LogP contribution is 2.39. The van der Waals surface area contributed by atoms with Crippen molar-refractivity contribution in [3.8, 4) is 0 Å². The SMILES string of the molecule is CC(C)(O)c1cc2c(F)c(C(F)(F)F)c(F)c(F)c2[nH]1. The molecule has 2 N–H and O–H groups in total. The molecule has 0 fully saturated rings. The zero-order valence-corrected chi connectivity index (χ0v) is 10.3. The van der Waals surface area contributed by atoms with E-state index < -0.39 is 45.7 Å². The number of aliphatic hydroxyl groups is 1. The summed E-state index contributed by atoms with van der Waals surface area (Å²) in [5, 5.41) is 8.91. The van der Waals surface area contributed by atoms with Crippen LogP contribution in [0.3, 0.4) is 0 Å². The van der Waals surface area contributed by atoms with E-state index in [1.807, 2.05) is 0 Å². The number of benzene rings is 1. The highest BCUT2D eigenvalue weighted by molar-refractivity contribution is 5.83. The van der Waals surface area contributed by atoms with Crippen LogP contribution >= 0.6 is 0 Å². The first-order chi connectivity index (χ1) is 8.94. The smallest absolute Gasteiger partial charge is 0.384 e. The third-order valence-corrected chi connectivity index (χ3v) is 2.85. The van der Waals surface area contributed by atoms with Crippen LogP contribution in [0.2, 0.25) is 0 Å². The molecule has 0 atom stereocenters. The number of hydrogen-bond donors (Lipinski definition) is 2. The summed E-state index contributed by atoms with van der Waals surface area (Å²) in [6.07, 6.45) is -5.37. The Morgan fingerprint density at radius 3 is 2.00 bits per heavy atom. The standard InChI is InChI=1S/C12H9F6NO/c1-11(2,20)5-3-4-7(13)6(12(16,17)18)8(14)9(15)10(4)19-5/h3,19-20H,1-2H3. The zero-order valence-electron chi connectivity index (χ0n) is 10.3. The maximum atomic E-state index is 13.8. The molecule has 0 unspecified atom stereocenters. The summed E-state index contributed by atoms with van der Waals surface area (Å²) in [6, 6.07) is 0.822. The van der Waals surface area contributed by atoms with Gasteiger partial charge in [0.1, 0.15) is 11.4 Å². The van der Waals surface area contributed by atoms with Crippen LogP contribution in [0.1, 0.15) is 25.1 Å². The van der Waals surface area contributed by atoms with Gasteiger partial charge in [0, 0.05) is 11.1 Å². The molecule has 1 aromatic heterocycles. The zero-order chi connectivity index (χ0) is 15.5. The Morgan fingerprint density at radius 1 is 1.00 bits per heavy atom. The first-order valence-electron chi connectivity index (χ1n) is 5.43. The van der Waals surface area contributed by atoms with Gasteiger partial charge in [-0.1, -0.05) is 0 Å². The fraction of sp³-hybridized carbons (Fsp3) is 0.333. The average molecular weight is 297 g/mol. The Morgan fingerprint density at radius 2 is 1.55 bits per heavy atom. The van der Waals surface area contributed by atoms with Crippen LogP contribution in [-0.4, -0.2) is 10.1 Å². The summed E-state index contributed by atoms with van der Waals surface area (Å²) in [7, 11) is 0. The normalized spacial score (nSPS) is 13.2. The number of alkyl halides is 3. The first kappa shape index (κ1) is 14.7. The summed E-state index contributed by atoms with van der Waals surface area (Å²) in [4.78, 5) is 2.19. The van der Waals surface area contributed by atoms with Crippen molar-refractivity contribution < 1.29 is 31.4 Å². The monoisotopic (exact) mass is 297 g/mol. The molecule has 0 aliphatic heterocycles. The van der Waals surface area contributed by atoms with E-state index in [-0.39, 0.29) is 5.69 Å². The topological polar surface area (TPSA) is 36.0 Å². The van der Waals surface area contributed by atoms with Gasteiger partial charge in [-0.25, -0.2) is 13.2 Å². The minimum absolute atomic E-state index is 0.135. The number of fused-ring (bicyclic) bond motifs is 1. The molecule has 8 heteroatoms. The molecule has 1 aromatic carbocycles. The van der Waals surface area contributed by atoms with E-state index in [0.29, 0.717) is 0 Å². The molecule has 0 radical (unpaired) electrons. The van der Waals surface area contributed by atoms with E-state index >= 15 is 0 Å². The Balaban J connectivity index is 2.89. The van der Waals surface area contributed by atoms with Gasteiger partial charge in [-0.2, -0.15) is 13.2 Å². The summed E-state index contributed by atoms with van der Waals surface area (Å²) < 4.78 is 78.4. The third-order valence-electron chi connectivity index (χ3n) is 2.85. The average Bonchev–Trinajstić information content (AvgIpc) is 2.69. The lowest BCUT2D eigenvalue weighted by Gasteiger charge is -2.14. The lowest BCUT2D eigenvalue weighted by molar-refractivity contribution is -0.142. The molecule has 2 aromatic rings. The first-order valence-corrected chi connectivity index (χ1v) is 5.43. The summed E-state index contributed by atoms with van der Waals surface area (Å²) in [5.41, 5.74) is -4.76. The molecule has 110 valence electrons. The van der Waals surface area contributed by atoms with Crippen molar-refractivity contribution in [3.63, 3.8) is 0 Å². The van der Waals surface area contributed by atoms with Crippen LogP contribution in [0.15, 0.2) is 6.07 Å². The van der Waals surface area contributed by atoms with Crippen molar-refractivity contribution in [2.75, 3.05) is 0 Å². The van der Waals surface area contributed by atoms with Crippen LogP contribution in [0.5, 0.6) is 0 Å². The molecule has 0 saturated carbocycles. The molecular weight excluding hydrogens is 288 g/mol. The lowest BCUT2D eigenvalue weighted by Crippen LogP contribution is -2.15. The van der Waals surface area contributed by atoms with Crippen molar-refractivity contribution in [3.05, 3.63) is 34.8 Å². The van der Waals surface area contributed by atoms with Gasteiger partial charge in [-0.15, -0.1) is 0 Å². The molecular formula is C12H9F6NO. The van der Waals surface area contributed by atoms with Crippen molar-refractivity contribution >= 4 is 10.9 Å². The Bertz CT molecular complexity index is 680. The predicted molar refractivity (Wildman–Crippen MR) is 58.4 cm³/mol. The second-order valence-electron chi connectivity index (χ2n) is 4.85. The second-order valence-corrected chi connectivity index (χ2v) is 4.85.